The molecule has 4 rings (SSSR count). The molecule has 4 N–H and O–H groups in total. The van der Waals surface area contributed by atoms with Crippen molar-refractivity contribution in [1.82, 2.24) is 31.2 Å². The van der Waals surface area contributed by atoms with Crippen LogP contribution in [0.15, 0.2) is 42.0 Å². The molecule has 4 amide bonds. The van der Waals surface area contributed by atoms with Gasteiger partial charge in [0, 0.05) is 44.0 Å². The van der Waals surface area contributed by atoms with Gasteiger partial charge >= 0.3 is 12.1 Å². The first kappa shape index (κ1) is 37.0. The Kier molecular flexibility index (Phi) is 16.2. The van der Waals surface area contributed by atoms with Crippen LogP contribution >= 0.6 is 20.6 Å². The first-order valence-electron chi connectivity index (χ1n) is 17.1. The number of urea groups is 1. The maximum Gasteiger partial charge on any atom is 0.407 e. The Morgan fingerprint density at radius 2 is 1.77 bits per heavy atom. The SMILES string of the molecule is CC(P)CC(CCC(Cc1ccccc1)NC(=O)OCc1cncs1)NC(=O)C(CCN1CCOCC1)NC(=O)NC1CCCCC1. The summed E-state index contributed by atoms with van der Waals surface area (Å²) in [5.74, 6) is -0.177. The van der Waals surface area contributed by atoms with Crippen LogP contribution in [0.2, 0.25) is 0 Å². The van der Waals surface area contributed by atoms with Crippen LogP contribution in [-0.4, -0.2) is 90.6 Å². The summed E-state index contributed by atoms with van der Waals surface area (Å²) in [5.41, 5.74) is 3.08. The predicted octanol–water partition coefficient (Wildman–Crippen LogP) is 4.62. The number of hydrogen-bond acceptors (Lipinski definition) is 8. The van der Waals surface area contributed by atoms with E-state index >= 15 is 0 Å². The van der Waals surface area contributed by atoms with Gasteiger partial charge in [-0.25, -0.2) is 9.59 Å². The third-order valence-corrected chi connectivity index (χ3v) is 9.77. The number of ether oxygens (including phenoxy) is 2. The Hall–Kier alpha value is -2.79. The number of rotatable bonds is 17. The van der Waals surface area contributed by atoms with Crippen molar-refractivity contribution in [2.24, 2.45) is 0 Å². The van der Waals surface area contributed by atoms with Crippen LogP contribution in [0.4, 0.5) is 9.59 Å². The number of aromatic nitrogens is 1. The highest BCUT2D eigenvalue weighted by molar-refractivity contribution is 7.17. The molecule has 2 fully saturated rings. The van der Waals surface area contributed by atoms with Gasteiger partial charge in [0.2, 0.25) is 5.91 Å². The summed E-state index contributed by atoms with van der Waals surface area (Å²) < 4.78 is 11.0. The minimum Gasteiger partial charge on any atom is -0.444 e. The lowest BCUT2D eigenvalue weighted by Gasteiger charge is -2.30. The molecule has 1 aliphatic heterocycles. The van der Waals surface area contributed by atoms with Gasteiger partial charge < -0.3 is 30.7 Å². The largest absolute Gasteiger partial charge is 0.444 e. The molecular weight excluding hydrogens is 635 g/mol. The lowest BCUT2D eigenvalue weighted by Crippen LogP contribution is -2.55. The van der Waals surface area contributed by atoms with E-state index < -0.39 is 12.1 Å². The summed E-state index contributed by atoms with van der Waals surface area (Å²) >= 11 is 1.44. The second kappa shape index (κ2) is 20.5. The number of hydrogen-bond donors (Lipinski definition) is 4. The monoisotopic (exact) mass is 688 g/mol. The zero-order valence-electron chi connectivity index (χ0n) is 27.7. The molecule has 2 aromatic rings. The molecule has 260 valence electrons. The number of thiazole rings is 1. The molecule has 47 heavy (non-hydrogen) atoms. The molecule has 1 saturated carbocycles. The number of morpholine rings is 1. The zero-order valence-corrected chi connectivity index (χ0v) is 29.6. The molecule has 2 heterocycles. The minimum absolute atomic E-state index is 0.141. The van der Waals surface area contributed by atoms with Crippen molar-refractivity contribution in [2.75, 3.05) is 32.8 Å². The number of carbonyl (C=O) groups is 3. The Morgan fingerprint density at radius 3 is 2.47 bits per heavy atom. The van der Waals surface area contributed by atoms with Gasteiger partial charge in [-0.3, -0.25) is 14.7 Å². The number of nitrogens with zero attached hydrogens (tertiary/aromatic N) is 2. The van der Waals surface area contributed by atoms with Gasteiger partial charge in [0.1, 0.15) is 12.6 Å². The number of alkyl carbamates (subject to hydrolysis) is 1. The number of amides is 4. The Balaban J connectivity index is 1.38. The van der Waals surface area contributed by atoms with Crippen molar-refractivity contribution in [1.29, 1.82) is 0 Å². The first-order valence-corrected chi connectivity index (χ1v) is 18.7. The van der Waals surface area contributed by atoms with Gasteiger partial charge in [-0.1, -0.05) is 56.5 Å². The van der Waals surface area contributed by atoms with Gasteiger partial charge in [0.15, 0.2) is 0 Å². The fourth-order valence-electron chi connectivity index (χ4n) is 6.22. The van der Waals surface area contributed by atoms with E-state index in [1.165, 1.54) is 17.8 Å². The molecule has 1 aromatic carbocycles. The predicted molar refractivity (Wildman–Crippen MR) is 189 cm³/mol. The Morgan fingerprint density at radius 1 is 1.02 bits per heavy atom. The van der Waals surface area contributed by atoms with Crippen molar-refractivity contribution < 1.29 is 23.9 Å². The van der Waals surface area contributed by atoms with E-state index in [4.69, 9.17) is 9.47 Å². The quantitative estimate of drug-likeness (QED) is 0.178. The lowest BCUT2D eigenvalue weighted by molar-refractivity contribution is -0.124. The first-order chi connectivity index (χ1) is 22.8. The van der Waals surface area contributed by atoms with Crippen LogP contribution in [-0.2, 0) is 27.3 Å². The molecule has 13 heteroatoms. The summed E-state index contributed by atoms with van der Waals surface area (Å²) in [7, 11) is 2.82. The molecule has 2 aliphatic rings. The van der Waals surface area contributed by atoms with E-state index in [1.807, 2.05) is 30.3 Å². The van der Waals surface area contributed by atoms with E-state index in [1.54, 1.807) is 11.7 Å². The summed E-state index contributed by atoms with van der Waals surface area (Å²) in [5, 5.41) is 12.4. The third-order valence-electron chi connectivity index (χ3n) is 8.74. The smallest absolute Gasteiger partial charge is 0.407 e. The second-order valence-electron chi connectivity index (χ2n) is 12.8. The number of benzene rings is 1. The fraction of sp³-hybridized carbons (Fsp3) is 0.647. The van der Waals surface area contributed by atoms with Crippen LogP contribution < -0.4 is 21.3 Å². The molecule has 5 atom stereocenters. The van der Waals surface area contributed by atoms with Gasteiger partial charge in [0.05, 0.1) is 23.6 Å². The average molecular weight is 689 g/mol. The van der Waals surface area contributed by atoms with Crippen molar-refractivity contribution in [3.05, 3.63) is 52.5 Å². The summed E-state index contributed by atoms with van der Waals surface area (Å²) in [6.07, 6.45) is 9.79. The lowest BCUT2D eigenvalue weighted by atomic mass is 9.96. The molecule has 1 aromatic heterocycles. The Bertz CT molecular complexity index is 1190. The molecule has 0 bridgehead atoms. The van der Waals surface area contributed by atoms with Crippen molar-refractivity contribution in [2.45, 2.75) is 108 Å². The van der Waals surface area contributed by atoms with Crippen LogP contribution in [0.25, 0.3) is 0 Å². The molecular formula is C34H53N6O5PS. The van der Waals surface area contributed by atoms with Gasteiger partial charge in [0.25, 0.3) is 0 Å². The highest BCUT2D eigenvalue weighted by atomic mass is 32.1. The zero-order chi connectivity index (χ0) is 33.3. The highest BCUT2D eigenvalue weighted by Crippen LogP contribution is 2.18. The van der Waals surface area contributed by atoms with E-state index in [2.05, 4.69) is 47.3 Å². The van der Waals surface area contributed by atoms with Crippen LogP contribution in [0.5, 0.6) is 0 Å². The third kappa shape index (κ3) is 14.5. The van der Waals surface area contributed by atoms with E-state index in [-0.39, 0.29) is 42.3 Å². The molecule has 1 aliphatic carbocycles. The van der Waals surface area contributed by atoms with Crippen molar-refractivity contribution in [3.8, 4) is 0 Å². The van der Waals surface area contributed by atoms with Gasteiger partial charge in [-0.2, -0.15) is 0 Å². The maximum atomic E-state index is 13.8. The highest BCUT2D eigenvalue weighted by Gasteiger charge is 2.27. The number of nitrogens with one attached hydrogen (secondary N) is 4. The molecule has 0 spiro atoms. The van der Waals surface area contributed by atoms with Crippen molar-refractivity contribution >= 4 is 38.6 Å². The summed E-state index contributed by atoms with van der Waals surface area (Å²) in [6.45, 7) is 5.96. The topological polar surface area (TPSA) is 134 Å². The normalized spacial score (nSPS) is 18.3. The van der Waals surface area contributed by atoms with E-state index in [0.717, 1.165) is 55.6 Å². The van der Waals surface area contributed by atoms with Gasteiger partial charge in [-0.05, 0) is 56.2 Å². The maximum absolute atomic E-state index is 13.8. The molecule has 1 saturated heterocycles. The summed E-state index contributed by atoms with van der Waals surface area (Å²) in [6, 6.07) is 8.92. The van der Waals surface area contributed by atoms with Crippen LogP contribution in [0, 0.1) is 0 Å². The van der Waals surface area contributed by atoms with E-state index in [9.17, 15) is 14.4 Å². The molecule has 5 unspecified atom stereocenters. The van der Waals surface area contributed by atoms with Crippen LogP contribution in [0.3, 0.4) is 0 Å². The van der Waals surface area contributed by atoms with E-state index in [0.29, 0.717) is 45.4 Å². The van der Waals surface area contributed by atoms with Crippen molar-refractivity contribution in [3.63, 3.8) is 0 Å². The average Bonchev–Trinajstić information content (AvgIpc) is 3.59. The summed E-state index contributed by atoms with van der Waals surface area (Å²) in [4.78, 5) is 46.9. The molecule has 0 radical (unpaired) electrons. The molecule has 11 nitrogen and oxygen atoms in total. The fourth-order valence-corrected chi connectivity index (χ4v) is 7.06. The van der Waals surface area contributed by atoms with Crippen LogP contribution in [0.1, 0.15) is 75.2 Å². The standard InChI is InChI=1S/C34H53N6O5PS/c1-25(46)20-28(12-13-29(21-26-8-4-2-5-9-26)38-34(43)45-23-30-22-35-24-47-30)36-32(41)31(14-15-40-16-18-44-19-17-40)39-33(42)37-27-10-6-3-7-11-27/h2,4-5,8-9,22,24-25,27-29,31H,3,6-7,10-21,23,46H2,1H3,(H,36,41)(H,38,43)(H2,37,39,42). The van der Waals surface area contributed by atoms with Gasteiger partial charge in [-0.15, -0.1) is 20.6 Å². The minimum atomic E-state index is -0.663. The second-order valence-corrected chi connectivity index (χ2v) is 14.9. The number of carbonyl (C=O) groups excluding carboxylic acids is 3. The Labute approximate surface area is 285 Å².